The van der Waals surface area contributed by atoms with Crippen LogP contribution in [-0.2, 0) is 16.1 Å². The van der Waals surface area contributed by atoms with Gasteiger partial charge in [0.1, 0.15) is 6.61 Å². The fourth-order valence-corrected chi connectivity index (χ4v) is 3.63. The lowest BCUT2D eigenvalue weighted by Crippen LogP contribution is -2.05. The van der Waals surface area contributed by atoms with Gasteiger partial charge in [0.25, 0.3) is 5.69 Å². The lowest BCUT2D eigenvalue weighted by Gasteiger charge is -2.14. The number of ether oxygens (including phenoxy) is 3. The van der Waals surface area contributed by atoms with Crippen molar-refractivity contribution in [3.05, 3.63) is 103 Å². The smallest absolute Gasteiger partial charge is 0.363 e. The van der Waals surface area contributed by atoms with Gasteiger partial charge in [-0.3, -0.25) is 10.1 Å². The SMILES string of the molecule is CCOc1cc(/C=C2\N=C(c3ccc([N+](=O)[O-])cc3)OC2=O)cc(Cl)c1OCc1ccc(Cl)cc1. The first-order chi connectivity index (χ1) is 16.8. The van der Waals surface area contributed by atoms with Crippen molar-refractivity contribution >= 4 is 46.8 Å². The number of hydrogen-bond donors (Lipinski definition) is 0. The molecule has 0 N–H and O–H groups in total. The summed E-state index contributed by atoms with van der Waals surface area (Å²) in [5, 5.41) is 11.8. The van der Waals surface area contributed by atoms with Gasteiger partial charge in [0.2, 0.25) is 5.90 Å². The first-order valence-corrected chi connectivity index (χ1v) is 11.2. The van der Waals surface area contributed by atoms with E-state index in [2.05, 4.69) is 4.99 Å². The van der Waals surface area contributed by atoms with Crippen LogP contribution >= 0.6 is 23.2 Å². The number of nitrogens with zero attached hydrogens (tertiary/aromatic N) is 2. The quantitative estimate of drug-likeness (QED) is 0.153. The zero-order valence-corrected chi connectivity index (χ0v) is 19.9. The van der Waals surface area contributed by atoms with Crippen LogP contribution in [0.1, 0.15) is 23.6 Å². The second kappa shape index (κ2) is 10.6. The number of cyclic esters (lactones) is 1. The van der Waals surface area contributed by atoms with Crippen molar-refractivity contribution in [1.29, 1.82) is 0 Å². The average molecular weight is 513 g/mol. The highest BCUT2D eigenvalue weighted by Gasteiger charge is 2.25. The van der Waals surface area contributed by atoms with Crippen molar-refractivity contribution < 1.29 is 23.9 Å². The minimum absolute atomic E-state index is 0.0479. The summed E-state index contributed by atoms with van der Waals surface area (Å²) in [6.07, 6.45) is 1.51. The van der Waals surface area contributed by atoms with Gasteiger partial charge in [-0.2, -0.15) is 0 Å². The number of aliphatic imine (C=N–C) groups is 1. The number of carbonyl (C=O) groups is 1. The molecule has 0 spiro atoms. The van der Waals surface area contributed by atoms with Crippen LogP contribution in [0, 0.1) is 10.1 Å². The summed E-state index contributed by atoms with van der Waals surface area (Å²) in [7, 11) is 0. The maximum Gasteiger partial charge on any atom is 0.363 e. The molecular formula is C25H18Cl2N2O6. The van der Waals surface area contributed by atoms with Crippen LogP contribution in [0.3, 0.4) is 0 Å². The third-order valence-corrected chi connectivity index (χ3v) is 5.41. The molecule has 0 saturated carbocycles. The molecule has 0 radical (unpaired) electrons. The van der Waals surface area contributed by atoms with E-state index < -0.39 is 10.9 Å². The molecule has 0 aliphatic carbocycles. The molecule has 0 fully saturated rings. The maximum atomic E-state index is 12.4. The summed E-state index contributed by atoms with van der Waals surface area (Å²) < 4.78 is 16.9. The molecule has 0 aromatic heterocycles. The van der Waals surface area contributed by atoms with Gasteiger partial charge < -0.3 is 14.2 Å². The summed E-state index contributed by atoms with van der Waals surface area (Å²) in [4.78, 5) is 26.9. The molecule has 1 aliphatic rings. The number of carbonyl (C=O) groups excluding carboxylic acids is 1. The molecule has 0 bridgehead atoms. The maximum absolute atomic E-state index is 12.4. The predicted octanol–water partition coefficient (Wildman–Crippen LogP) is 6.22. The summed E-state index contributed by atoms with van der Waals surface area (Å²) in [5.41, 5.74) is 1.86. The Morgan fingerprint density at radius 2 is 1.77 bits per heavy atom. The van der Waals surface area contributed by atoms with Gasteiger partial charge >= 0.3 is 5.97 Å². The molecule has 0 atom stereocenters. The molecule has 8 nitrogen and oxygen atoms in total. The van der Waals surface area contributed by atoms with E-state index in [1.807, 2.05) is 19.1 Å². The van der Waals surface area contributed by atoms with E-state index in [1.54, 1.807) is 24.3 Å². The zero-order valence-electron chi connectivity index (χ0n) is 18.4. The van der Waals surface area contributed by atoms with Crippen LogP contribution < -0.4 is 9.47 Å². The Hall–Kier alpha value is -3.88. The first kappa shape index (κ1) is 24.3. The van der Waals surface area contributed by atoms with Crippen molar-refractivity contribution in [2.24, 2.45) is 4.99 Å². The second-order valence-electron chi connectivity index (χ2n) is 7.32. The highest BCUT2D eigenvalue weighted by Crippen LogP contribution is 2.38. The molecule has 0 amide bonds. The molecule has 1 heterocycles. The van der Waals surface area contributed by atoms with Crippen LogP contribution in [0.4, 0.5) is 5.69 Å². The Morgan fingerprint density at radius 3 is 2.43 bits per heavy atom. The molecule has 0 saturated heterocycles. The van der Waals surface area contributed by atoms with E-state index >= 15 is 0 Å². The normalized spacial score (nSPS) is 14.0. The van der Waals surface area contributed by atoms with Crippen LogP contribution in [-0.4, -0.2) is 23.4 Å². The Bertz CT molecular complexity index is 1340. The van der Waals surface area contributed by atoms with Crippen LogP contribution in [0.15, 0.2) is 71.4 Å². The summed E-state index contributed by atoms with van der Waals surface area (Å²) in [6, 6.07) is 16.1. The number of nitro groups is 1. The molecule has 0 unspecified atom stereocenters. The van der Waals surface area contributed by atoms with Crippen LogP contribution in [0.5, 0.6) is 11.5 Å². The third-order valence-electron chi connectivity index (χ3n) is 4.88. The number of rotatable bonds is 8. The number of nitro benzene ring substituents is 1. The molecule has 35 heavy (non-hydrogen) atoms. The summed E-state index contributed by atoms with van der Waals surface area (Å²) in [5.74, 6) is 0.173. The van der Waals surface area contributed by atoms with Gasteiger partial charge in [-0.25, -0.2) is 9.79 Å². The van der Waals surface area contributed by atoms with Gasteiger partial charge in [0.05, 0.1) is 16.6 Å². The fraction of sp³-hybridized carbons (Fsp3) is 0.120. The zero-order chi connectivity index (χ0) is 24.9. The molecule has 10 heteroatoms. The molecule has 4 rings (SSSR count). The standard InChI is InChI=1S/C25H18Cl2N2O6/c1-2-33-22-13-16(11-20(27)23(22)34-14-15-3-7-18(26)8-4-15)12-21-25(30)35-24(28-21)17-5-9-19(10-6-17)29(31)32/h3-13H,2,14H2,1H3/b21-12-. The Morgan fingerprint density at radius 1 is 1.06 bits per heavy atom. The lowest BCUT2D eigenvalue weighted by molar-refractivity contribution is -0.384. The van der Waals surface area contributed by atoms with Gasteiger partial charge in [-0.05, 0) is 60.5 Å². The van der Waals surface area contributed by atoms with Gasteiger partial charge in [0, 0.05) is 22.7 Å². The highest BCUT2D eigenvalue weighted by atomic mass is 35.5. The minimum atomic E-state index is -0.657. The molecule has 1 aliphatic heterocycles. The Balaban J connectivity index is 1.59. The Kier molecular flexibility index (Phi) is 7.33. The fourth-order valence-electron chi connectivity index (χ4n) is 3.23. The van der Waals surface area contributed by atoms with Crippen molar-refractivity contribution in [2.45, 2.75) is 13.5 Å². The number of hydrogen-bond acceptors (Lipinski definition) is 7. The molecule has 3 aromatic rings. The third kappa shape index (κ3) is 5.79. The average Bonchev–Trinajstić information content (AvgIpc) is 3.20. The lowest BCUT2D eigenvalue weighted by atomic mass is 10.1. The van der Waals surface area contributed by atoms with Crippen molar-refractivity contribution in [2.75, 3.05) is 6.61 Å². The summed E-state index contributed by atoms with van der Waals surface area (Å²) in [6.45, 7) is 2.46. The highest BCUT2D eigenvalue weighted by molar-refractivity contribution is 6.32. The van der Waals surface area contributed by atoms with Crippen LogP contribution in [0.25, 0.3) is 6.08 Å². The number of benzene rings is 3. The largest absolute Gasteiger partial charge is 0.490 e. The Labute approximate surface area is 210 Å². The van der Waals surface area contributed by atoms with E-state index in [-0.39, 0.29) is 23.9 Å². The van der Waals surface area contributed by atoms with Gasteiger partial charge in [-0.15, -0.1) is 0 Å². The van der Waals surface area contributed by atoms with Crippen molar-refractivity contribution in [3.63, 3.8) is 0 Å². The van der Waals surface area contributed by atoms with E-state index in [0.717, 1.165) is 5.56 Å². The molecular weight excluding hydrogens is 495 g/mol. The van der Waals surface area contributed by atoms with E-state index in [1.165, 1.54) is 30.3 Å². The van der Waals surface area contributed by atoms with Crippen molar-refractivity contribution in [3.8, 4) is 11.5 Å². The van der Waals surface area contributed by atoms with E-state index in [4.69, 9.17) is 37.4 Å². The first-order valence-electron chi connectivity index (χ1n) is 10.4. The number of halogens is 2. The topological polar surface area (TPSA) is 100 Å². The number of non-ortho nitro benzene ring substituents is 1. The second-order valence-corrected chi connectivity index (χ2v) is 8.16. The monoisotopic (exact) mass is 512 g/mol. The molecule has 178 valence electrons. The number of esters is 1. The van der Waals surface area contributed by atoms with Crippen LogP contribution in [0.2, 0.25) is 10.0 Å². The molecule has 3 aromatic carbocycles. The minimum Gasteiger partial charge on any atom is -0.490 e. The van der Waals surface area contributed by atoms with Gasteiger partial charge in [0.15, 0.2) is 17.2 Å². The van der Waals surface area contributed by atoms with E-state index in [0.29, 0.717) is 39.3 Å². The van der Waals surface area contributed by atoms with Crippen molar-refractivity contribution in [1.82, 2.24) is 0 Å². The van der Waals surface area contributed by atoms with E-state index in [9.17, 15) is 14.9 Å². The summed E-state index contributed by atoms with van der Waals surface area (Å²) >= 11 is 12.4. The van der Waals surface area contributed by atoms with Gasteiger partial charge in [-0.1, -0.05) is 35.3 Å². The predicted molar refractivity (Wildman–Crippen MR) is 132 cm³/mol.